The highest BCUT2D eigenvalue weighted by Crippen LogP contribution is 2.22. The van der Waals surface area contributed by atoms with Crippen LogP contribution in [-0.2, 0) is 0 Å². The van der Waals surface area contributed by atoms with E-state index in [-0.39, 0.29) is 12.6 Å². The van der Waals surface area contributed by atoms with Crippen molar-refractivity contribution < 1.29 is 13.2 Å². The van der Waals surface area contributed by atoms with Gasteiger partial charge in [-0.2, -0.15) is 18.2 Å². The van der Waals surface area contributed by atoms with Crippen LogP contribution in [0, 0.1) is 0 Å². The van der Waals surface area contributed by atoms with Gasteiger partial charge in [0.1, 0.15) is 0 Å². The van der Waals surface area contributed by atoms with E-state index in [1.165, 1.54) is 0 Å². The number of alkyl halides is 3. The summed E-state index contributed by atoms with van der Waals surface area (Å²) in [7, 11) is 0. The van der Waals surface area contributed by atoms with Crippen LogP contribution in [0.15, 0.2) is 0 Å². The number of nitrogens with zero attached hydrogens (tertiary/aromatic N) is 1. The summed E-state index contributed by atoms with van der Waals surface area (Å²) in [4.78, 5) is 0. The molecule has 1 atom stereocenters. The number of hydrogen-bond donors (Lipinski definition) is 1. The first-order chi connectivity index (χ1) is 4.50. The van der Waals surface area contributed by atoms with Crippen LogP contribution in [0.25, 0.3) is 0 Å². The van der Waals surface area contributed by atoms with E-state index < -0.39 is 6.30 Å². The molecule has 1 heterocycles. The molecule has 1 saturated heterocycles. The van der Waals surface area contributed by atoms with E-state index in [1.807, 2.05) is 0 Å². The van der Waals surface area contributed by atoms with Crippen molar-refractivity contribution in [2.75, 3.05) is 6.54 Å². The lowest BCUT2D eigenvalue weighted by molar-refractivity contribution is -0.255. The Labute approximate surface area is 57.0 Å². The Balaban J connectivity index is 2.45. The van der Waals surface area contributed by atoms with Crippen molar-refractivity contribution in [3.05, 3.63) is 0 Å². The molecule has 1 aliphatic rings. The molecule has 0 spiro atoms. The Morgan fingerprint density at radius 1 is 1.50 bits per heavy atom. The summed E-state index contributed by atoms with van der Waals surface area (Å²) in [6.45, 7) is 1.79. The molecule has 10 heavy (non-hydrogen) atoms. The van der Waals surface area contributed by atoms with E-state index >= 15 is 0 Å². The van der Waals surface area contributed by atoms with Crippen LogP contribution in [0.5, 0.6) is 0 Å². The predicted octanol–water partition coefficient (Wildman–Crippen LogP) is 1.11. The number of hydrogen-bond acceptors (Lipinski definition) is 2. The van der Waals surface area contributed by atoms with Crippen LogP contribution in [0.2, 0.25) is 0 Å². The topological polar surface area (TPSA) is 15.3 Å². The predicted molar refractivity (Wildman–Crippen MR) is 30.0 cm³/mol. The van der Waals surface area contributed by atoms with E-state index in [0.717, 1.165) is 0 Å². The van der Waals surface area contributed by atoms with Crippen LogP contribution in [-0.4, -0.2) is 23.9 Å². The second-order valence-electron chi connectivity index (χ2n) is 2.44. The van der Waals surface area contributed by atoms with Crippen molar-refractivity contribution in [3.63, 3.8) is 0 Å². The summed E-state index contributed by atoms with van der Waals surface area (Å²) in [5.41, 5.74) is 2.30. The first kappa shape index (κ1) is 7.81. The molecule has 1 fully saturated rings. The van der Waals surface area contributed by atoms with Crippen LogP contribution in [0.3, 0.4) is 0 Å². The minimum atomic E-state index is -4.22. The zero-order chi connectivity index (χ0) is 7.78. The lowest BCUT2D eigenvalue weighted by Crippen LogP contribution is -2.44. The highest BCUT2D eigenvalue weighted by atomic mass is 19.4. The maximum Gasteiger partial charge on any atom is 0.473 e. The van der Waals surface area contributed by atoms with Crippen molar-refractivity contribution in [3.8, 4) is 0 Å². The van der Waals surface area contributed by atoms with Crippen LogP contribution >= 0.6 is 0 Å². The third-order valence-electron chi connectivity index (χ3n) is 1.47. The van der Waals surface area contributed by atoms with Crippen LogP contribution < -0.4 is 5.43 Å². The Morgan fingerprint density at radius 3 is 2.30 bits per heavy atom. The Hall–Kier alpha value is -0.290. The van der Waals surface area contributed by atoms with Crippen molar-refractivity contribution in [2.45, 2.75) is 25.7 Å². The highest BCUT2D eigenvalue weighted by molar-refractivity contribution is 4.71. The SMILES string of the molecule is CC1CCN(C(F)(F)F)N1. The molecule has 0 saturated carbocycles. The van der Waals surface area contributed by atoms with E-state index in [1.54, 1.807) is 6.92 Å². The largest absolute Gasteiger partial charge is 0.473 e. The molecule has 2 nitrogen and oxygen atoms in total. The van der Waals surface area contributed by atoms with Crippen LogP contribution in [0.1, 0.15) is 13.3 Å². The molecule has 0 radical (unpaired) electrons. The van der Waals surface area contributed by atoms with Gasteiger partial charge in [0.05, 0.1) is 0 Å². The first-order valence-corrected chi connectivity index (χ1v) is 3.10. The molecule has 0 aromatic rings. The summed E-state index contributed by atoms with van der Waals surface area (Å²) in [6.07, 6.45) is -3.66. The smallest absolute Gasteiger partial charge is 0.245 e. The standard InChI is InChI=1S/C5H9F3N2/c1-4-2-3-10(9-4)5(6,7)8/h4,9H,2-3H2,1H3. The van der Waals surface area contributed by atoms with Gasteiger partial charge in [0.15, 0.2) is 0 Å². The average Bonchev–Trinajstić information content (AvgIpc) is 2.11. The molecule has 1 rings (SSSR count). The quantitative estimate of drug-likeness (QED) is 0.526. The van der Waals surface area contributed by atoms with E-state index in [0.29, 0.717) is 11.4 Å². The molecule has 1 aliphatic heterocycles. The van der Waals surface area contributed by atoms with Gasteiger partial charge < -0.3 is 0 Å². The van der Waals surface area contributed by atoms with Crippen molar-refractivity contribution >= 4 is 0 Å². The molecule has 0 aromatic carbocycles. The van der Waals surface area contributed by atoms with Gasteiger partial charge in [-0.1, -0.05) is 0 Å². The van der Waals surface area contributed by atoms with E-state index in [2.05, 4.69) is 5.43 Å². The molecule has 60 valence electrons. The lowest BCUT2D eigenvalue weighted by Gasteiger charge is -2.18. The molecule has 5 heteroatoms. The fourth-order valence-corrected chi connectivity index (χ4v) is 0.918. The summed E-state index contributed by atoms with van der Waals surface area (Å²) >= 11 is 0. The molecule has 0 amide bonds. The summed E-state index contributed by atoms with van der Waals surface area (Å²) in [6, 6.07) is -0.0541. The van der Waals surface area contributed by atoms with Crippen molar-refractivity contribution in [1.29, 1.82) is 0 Å². The van der Waals surface area contributed by atoms with E-state index in [9.17, 15) is 13.2 Å². The average molecular weight is 154 g/mol. The summed E-state index contributed by atoms with van der Waals surface area (Å²) in [5.74, 6) is 0. The van der Waals surface area contributed by atoms with Gasteiger partial charge in [-0.05, 0) is 13.3 Å². The minimum absolute atomic E-state index is 0.0541. The van der Waals surface area contributed by atoms with Gasteiger partial charge in [0.25, 0.3) is 0 Å². The fourth-order valence-electron chi connectivity index (χ4n) is 0.918. The van der Waals surface area contributed by atoms with Gasteiger partial charge in [0.2, 0.25) is 0 Å². The molecular formula is C5H9F3N2. The Morgan fingerprint density at radius 2 is 2.10 bits per heavy atom. The number of hydrazine groups is 1. The monoisotopic (exact) mass is 154 g/mol. The third-order valence-corrected chi connectivity index (χ3v) is 1.47. The second-order valence-corrected chi connectivity index (χ2v) is 2.44. The molecule has 0 aromatic heterocycles. The molecule has 0 aliphatic carbocycles. The van der Waals surface area contributed by atoms with Crippen LogP contribution in [0.4, 0.5) is 13.2 Å². The fraction of sp³-hybridized carbons (Fsp3) is 1.00. The Bertz CT molecular complexity index is 123. The maximum atomic E-state index is 11.8. The van der Waals surface area contributed by atoms with Crippen molar-refractivity contribution in [1.82, 2.24) is 10.4 Å². The maximum absolute atomic E-state index is 11.8. The molecule has 0 bridgehead atoms. The number of rotatable bonds is 0. The van der Waals surface area contributed by atoms with Gasteiger partial charge in [-0.3, -0.25) is 0 Å². The summed E-state index contributed by atoms with van der Waals surface area (Å²) < 4.78 is 35.4. The molecule has 1 unspecified atom stereocenters. The zero-order valence-corrected chi connectivity index (χ0v) is 5.57. The first-order valence-electron chi connectivity index (χ1n) is 3.10. The lowest BCUT2D eigenvalue weighted by atomic mass is 10.3. The van der Waals surface area contributed by atoms with Gasteiger partial charge in [0, 0.05) is 12.6 Å². The van der Waals surface area contributed by atoms with Gasteiger partial charge in [-0.15, -0.1) is 0 Å². The zero-order valence-electron chi connectivity index (χ0n) is 5.57. The van der Waals surface area contributed by atoms with E-state index in [4.69, 9.17) is 0 Å². The van der Waals surface area contributed by atoms with Gasteiger partial charge in [-0.25, -0.2) is 5.43 Å². The number of nitrogens with one attached hydrogen (secondary N) is 1. The second kappa shape index (κ2) is 2.39. The normalized spacial score (nSPS) is 29.4. The van der Waals surface area contributed by atoms with Crippen molar-refractivity contribution in [2.24, 2.45) is 0 Å². The van der Waals surface area contributed by atoms with Gasteiger partial charge >= 0.3 is 6.30 Å². The molecular weight excluding hydrogens is 145 g/mol. The third kappa shape index (κ3) is 1.60. The number of halogens is 3. The Kier molecular flexibility index (Phi) is 1.87. The summed E-state index contributed by atoms with van der Waals surface area (Å²) in [5, 5.41) is 0.317. The minimum Gasteiger partial charge on any atom is -0.245 e. The molecule has 1 N–H and O–H groups in total. The highest BCUT2D eigenvalue weighted by Gasteiger charge is 2.40.